The van der Waals surface area contributed by atoms with Crippen molar-refractivity contribution in [3.63, 3.8) is 0 Å². The third kappa shape index (κ3) is 8.04. The molecular formula is C31H37F6N13O. The molecule has 6 aromatic rings. The molecule has 274 valence electrons. The fraction of sp³-hybridized carbons (Fsp3) is 0.387. The van der Waals surface area contributed by atoms with Crippen molar-refractivity contribution < 1.29 is 26.3 Å². The van der Waals surface area contributed by atoms with E-state index in [-0.39, 0.29) is 40.5 Å². The van der Waals surface area contributed by atoms with Crippen molar-refractivity contribution in [1.82, 2.24) is 48.6 Å². The van der Waals surface area contributed by atoms with Crippen molar-refractivity contribution in [1.29, 1.82) is 0 Å². The molecule has 0 atom stereocenters. The minimum absolute atomic E-state index is 0.0569. The molecule has 0 fully saturated rings. The Morgan fingerprint density at radius 2 is 1.31 bits per heavy atom. The summed E-state index contributed by atoms with van der Waals surface area (Å²) in [5.41, 5.74) is 9.99. The highest BCUT2D eigenvalue weighted by Gasteiger charge is 2.37. The number of H-pyrrole nitrogens is 1. The number of fused-ring (bicyclic) bond motifs is 3. The van der Waals surface area contributed by atoms with E-state index in [1.807, 2.05) is 4.57 Å². The van der Waals surface area contributed by atoms with E-state index < -0.39 is 34.4 Å². The summed E-state index contributed by atoms with van der Waals surface area (Å²) in [6, 6.07) is -0.0626. The number of anilines is 3. The molecule has 6 aromatic heterocycles. The van der Waals surface area contributed by atoms with Gasteiger partial charge >= 0.3 is 12.4 Å². The number of nitrogens with one attached hydrogen (secondary N) is 2. The Bertz CT molecular complexity index is 2210. The van der Waals surface area contributed by atoms with Gasteiger partial charge in [-0.25, -0.2) is 24.9 Å². The highest BCUT2D eigenvalue weighted by atomic mass is 19.4. The monoisotopic (exact) mass is 721 g/mol. The van der Waals surface area contributed by atoms with Gasteiger partial charge in [-0.05, 0) is 41.5 Å². The number of nitrogen functional groups attached to an aromatic ring is 2. The van der Waals surface area contributed by atoms with Crippen LogP contribution in [0.4, 0.5) is 43.9 Å². The van der Waals surface area contributed by atoms with E-state index in [4.69, 9.17) is 11.5 Å². The zero-order chi connectivity index (χ0) is 38.0. The molecule has 0 saturated heterocycles. The van der Waals surface area contributed by atoms with Gasteiger partial charge in [0.05, 0.1) is 28.2 Å². The molecule has 0 aliphatic carbocycles. The first-order chi connectivity index (χ1) is 23.8. The lowest BCUT2D eigenvalue weighted by atomic mass is 10.2. The molecule has 0 aliphatic heterocycles. The number of halogens is 6. The van der Waals surface area contributed by atoms with Crippen LogP contribution in [-0.2, 0) is 12.4 Å². The van der Waals surface area contributed by atoms with E-state index in [1.54, 1.807) is 46.4 Å². The Hall–Kier alpha value is -5.69. The van der Waals surface area contributed by atoms with Gasteiger partial charge in [-0.2, -0.15) is 31.3 Å². The molecule has 14 nitrogen and oxygen atoms in total. The summed E-state index contributed by atoms with van der Waals surface area (Å²) in [5.74, 6) is 0.396. The summed E-state index contributed by atoms with van der Waals surface area (Å²) in [6.45, 7) is 15.5. The van der Waals surface area contributed by atoms with Gasteiger partial charge in [-0.1, -0.05) is 6.08 Å². The van der Waals surface area contributed by atoms with Crippen LogP contribution in [0.3, 0.4) is 0 Å². The van der Waals surface area contributed by atoms with Gasteiger partial charge in [0, 0.05) is 37.1 Å². The highest BCUT2D eigenvalue weighted by molar-refractivity contribution is 5.90. The smallest absolute Gasteiger partial charge is 0.383 e. The molecule has 0 aromatic carbocycles. The van der Waals surface area contributed by atoms with Crippen molar-refractivity contribution in [2.24, 2.45) is 0 Å². The number of nitrogens with zero attached hydrogens (tertiary/aromatic N) is 9. The van der Waals surface area contributed by atoms with Crippen LogP contribution in [0.25, 0.3) is 33.2 Å². The van der Waals surface area contributed by atoms with Crippen LogP contribution in [0, 0.1) is 0 Å². The van der Waals surface area contributed by atoms with Crippen molar-refractivity contribution in [2.45, 2.75) is 72.0 Å². The molecule has 0 bridgehead atoms. The number of hydrogen-bond acceptors (Lipinski definition) is 10. The molecule has 0 aliphatic rings. The van der Waals surface area contributed by atoms with Gasteiger partial charge < -0.3 is 30.5 Å². The molecule has 51 heavy (non-hydrogen) atoms. The number of imidazole rings is 1. The molecule has 6 heterocycles. The van der Waals surface area contributed by atoms with Crippen molar-refractivity contribution in [3.8, 4) is 0 Å². The number of aromatic nitrogens is 10. The van der Waals surface area contributed by atoms with E-state index in [2.05, 4.69) is 60.6 Å². The van der Waals surface area contributed by atoms with Crippen LogP contribution in [0.2, 0.25) is 0 Å². The lowest BCUT2D eigenvalue weighted by Crippen LogP contribution is -2.15. The second-order valence-electron chi connectivity index (χ2n) is 12.0. The van der Waals surface area contributed by atoms with Crippen LogP contribution in [0.15, 0.2) is 48.8 Å². The third-order valence-corrected chi connectivity index (χ3v) is 7.39. The minimum Gasteiger partial charge on any atom is -0.383 e. The largest absolute Gasteiger partial charge is 0.418 e. The summed E-state index contributed by atoms with van der Waals surface area (Å²) in [5, 5.41) is 2.53. The first kappa shape index (κ1) is 38.1. The quantitative estimate of drug-likeness (QED) is 0.109. The van der Waals surface area contributed by atoms with Gasteiger partial charge in [0.15, 0.2) is 11.5 Å². The van der Waals surface area contributed by atoms with Crippen LogP contribution in [0.1, 0.15) is 70.8 Å². The number of rotatable bonds is 6. The summed E-state index contributed by atoms with van der Waals surface area (Å²) in [4.78, 5) is 37.7. The van der Waals surface area contributed by atoms with Gasteiger partial charge in [-0.15, -0.1) is 6.58 Å². The van der Waals surface area contributed by atoms with E-state index in [9.17, 15) is 31.1 Å². The summed E-state index contributed by atoms with van der Waals surface area (Å²) < 4.78 is 81.8. The zero-order valence-corrected chi connectivity index (χ0v) is 28.5. The van der Waals surface area contributed by atoms with Crippen LogP contribution in [0.5, 0.6) is 0 Å². The summed E-state index contributed by atoms with van der Waals surface area (Å²) in [7, 11) is 0. The van der Waals surface area contributed by atoms with E-state index >= 15 is 0 Å². The number of alkyl halides is 6. The molecule has 0 spiro atoms. The Labute approximate surface area is 286 Å². The lowest BCUT2D eigenvalue weighted by molar-refractivity contribution is -0.137. The predicted molar refractivity (Wildman–Crippen MR) is 182 cm³/mol. The van der Waals surface area contributed by atoms with Crippen molar-refractivity contribution in [3.05, 3.63) is 65.5 Å². The zero-order valence-electron chi connectivity index (χ0n) is 28.5. The Morgan fingerprint density at radius 3 is 1.86 bits per heavy atom. The molecule has 20 heteroatoms. The maximum absolute atomic E-state index is 12.9. The highest BCUT2D eigenvalue weighted by Crippen LogP contribution is 2.38. The average Bonchev–Trinajstić information content (AvgIpc) is 3.75. The molecule has 0 radical (unpaired) electrons. The number of nitrogens with two attached hydrogens (primary N) is 2. The van der Waals surface area contributed by atoms with E-state index in [1.165, 1.54) is 9.13 Å². The van der Waals surface area contributed by atoms with Gasteiger partial charge in [0.1, 0.15) is 35.3 Å². The molecule has 6 rings (SSSR count). The van der Waals surface area contributed by atoms with Crippen LogP contribution >= 0.6 is 0 Å². The fourth-order valence-corrected chi connectivity index (χ4v) is 5.03. The van der Waals surface area contributed by atoms with Crippen LogP contribution in [-0.4, -0.2) is 55.1 Å². The van der Waals surface area contributed by atoms with Gasteiger partial charge in [0.25, 0.3) is 5.56 Å². The molecule has 0 unspecified atom stereocenters. The number of hydrogen-bond donors (Lipinski definition) is 4. The fourth-order valence-electron chi connectivity index (χ4n) is 5.03. The molecule has 6 N–H and O–H groups in total. The second kappa shape index (κ2) is 14.7. The molecule has 0 amide bonds. The van der Waals surface area contributed by atoms with Gasteiger partial charge in [0.2, 0.25) is 5.95 Å². The van der Waals surface area contributed by atoms with Crippen molar-refractivity contribution in [2.75, 3.05) is 23.3 Å². The summed E-state index contributed by atoms with van der Waals surface area (Å²) >= 11 is 0. The number of aromatic amines is 1. The van der Waals surface area contributed by atoms with Crippen molar-refractivity contribution >= 4 is 50.8 Å². The predicted octanol–water partition coefficient (Wildman–Crippen LogP) is 6.52. The standard InChI is InChI=1S/C11H15N5.C10H11F3N4O.C10H11F3N4/c1-4-5-12-10-9-11(14-6-13-10)16(7-15-9)8(2)3;1-4(2)17-3-5(10(11,12)13)6-7(17)15-9(14)16-8(6)18;1-5(2)17-3-6(10(11,12)13)7-8(14)15-4-16-9(7)17/h4,6-8H,1,5H2,2-3H3,(H,12,13,14);3-4H,1-2H3,(H3,14,15,16,18);3-5H,1-2H3,(H2,14,15,16). The van der Waals surface area contributed by atoms with E-state index in [0.717, 1.165) is 35.7 Å². The maximum Gasteiger partial charge on any atom is 0.418 e. The minimum atomic E-state index is -4.61. The normalized spacial score (nSPS) is 12.1. The SMILES string of the molecule is C=CCNc1ncnc2c1ncn2C(C)C.CC(C)n1cc(C(F)(F)F)c2c(=O)[nH]c(N)nc21.CC(C)n1cc(C(F)(F)F)c2c(N)ncnc21. The topological polar surface area (TPSA) is 189 Å². The Kier molecular flexibility index (Phi) is 11.0. The second-order valence-corrected chi connectivity index (χ2v) is 12.0. The van der Waals surface area contributed by atoms with E-state index in [0.29, 0.717) is 12.6 Å². The first-order valence-electron chi connectivity index (χ1n) is 15.5. The maximum atomic E-state index is 12.9. The Balaban J connectivity index is 0.000000172. The average molecular weight is 722 g/mol. The molecular weight excluding hydrogens is 684 g/mol. The molecule has 0 saturated carbocycles. The third-order valence-electron chi connectivity index (χ3n) is 7.39. The van der Waals surface area contributed by atoms with Crippen LogP contribution < -0.4 is 22.3 Å². The summed E-state index contributed by atoms with van der Waals surface area (Å²) in [6.07, 6.45) is -0.862. The lowest BCUT2D eigenvalue weighted by Gasteiger charge is -2.07. The first-order valence-corrected chi connectivity index (χ1v) is 15.5. The van der Waals surface area contributed by atoms with Gasteiger partial charge in [-0.3, -0.25) is 9.78 Å². The Morgan fingerprint density at radius 1 is 0.784 bits per heavy atom.